The molecule has 2 aromatic heterocycles. The van der Waals surface area contributed by atoms with E-state index in [1.54, 1.807) is 18.3 Å². The van der Waals surface area contributed by atoms with Crippen LogP contribution in [0.15, 0.2) is 59.4 Å². The SMILES string of the molecule is Cc1nn([C@@H](C)C(=O)NC[C@H](C)c2ccccc2)c(=O)c2c1sc1ccccc12. The van der Waals surface area contributed by atoms with Gasteiger partial charge in [-0.25, -0.2) is 4.68 Å². The summed E-state index contributed by atoms with van der Waals surface area (Å²) in [5, 5.41) is 8.99. The molecule has 0 unspecified atom stereocenters. The molecule has 0 spiro atoms. The molecule has 4 rings (SSSR count). The highest BCUT2D eigenvalue weighted by Gasteiger charge is 2.22. The molecular weight excluding hydrogens is 382 g/mol. The van der Waals surface area contributed by atoms with E-state index >= 15 is 0 Å². The lowest BCUT2D eigenvalue weighted by Crippen LogP contribution is -2.38. The van der Waals surface area contributed by atoms with Gasteiger partial charge in [0.15, 0.2) is 0 Å². The first-order valence-corrected chi connectivity index (χ1v) is 10.5. The number of nitrogens with zero attached hydrogens (tertiary/aromatic N) is 2. The van der Waals surface area contributed by atoms with Gasteiger partial charge in [-0.2, -0.15) is 5.10 Å². The summed E-state index contributed by atoms with van der Waals surface area (Å²) in [5.74, 6) is -0.0252. The van der Waals surface area contributed by atoms with Crippen molar-refractivity contribution in [3.05, 3.63) is 76.2 Å². The van der Waals surface area contributed by atoms with Crippen molar-refractivity contribution in [3.63, 3.8) is 0 Å². The lowest BCUT2D eigenvalue weighted by atomic mass is 10.0. The maximum atomic E-state index is 13.2. The Labute approximate surface area is 173 Å². The summed E-state index contributed by atoms with van der Waals surface area (Å²) in [4.78, 5) is 26.0. The number of hydrogen-bond donors (Lipinski definition) is 1. The Morgan fingerprint density at radius 3 is 2.55 bits per heavy atom. The average molecular weight is 406 g/mol. The first kappa shape index (κ1) is 19.3. The highest BCUT2D eigenvalue weighted by Crippen LogP contribution is 2.32. The molecule has 29 heavy (non-hydrogen) atoms. The third-order valence-corrected chi connectivity index (χ3v) is 6.58. The second kappa shape index (κ2) is 7.79. The number of carbonyl (C=O) groups excluding carboxylic acids is 1. The Balaban J connectivity index is 1.62. The Morgan fingerprint density at radius 2 is 1.79 bits per heavy atom. The van der Waals surface area contributed by atoms with Gasteiger partial charge in [-0.15, -0.1) is 11.3 Å². The minimum absolute atomic E-state index is 0.182. The van der Waals surface area contributed by atoms with Crippen LogP contribution < -0.4 is 10.9 Å². The molecule has 2 heterocycles. The molecular formula is C23H23N3O2S. The molecule has 0 saturated heterocycles. The smallest absolute Gasteiger partial charge is 0.276 e. The van der Waals surface area contributed by atoms with Crippen LogP contribution in [0.5, 0.6) is 0 Å². The predicted octanol–water partition coefficient (Wildman–Crippen LogP) is 4.40. The van der Waals surface area contributed by atoms with Crippen LogP contribution >= 0.6 is 11.3 Å². The third-order valence-electron chi connectivity index (χ3n) is 5.30. The van der Waals surface area contributed by atoms with E-state index < -0.39 is 6.04 Å². The zero-order valence-electron chi connectivity index (χ0n) is 16.7. The largest absolute Gasteiger partial charge is 0.354 e. The molecule has 0 aliphatic carbocycles. The lowest BCUT2D eigenvalue weighted by Gasteiger charge is -2.17. The lowest BCUT2D eigenvalue weighted by molar-refractivity contribution is -0.124. The maximum absolute atomic E-state index is 13.2. The van der Waals surface area contributed by atoms with E-state index in [0.29, 0.717) is 11.9 Å². The van der Waals surface area contributed by atoms with E-state index in [-0.39, 0.29) is 17.4 Å². The summed E-state index contributed by atoms with van der Waals surface area (Å²) in [7, 11) is 0. The molecule has 6 heteroatoms. The van der Waals surface area contributed by atoms with E-state index in [1.165, 1.54) is 4.68 Å². The molecule has 1 N–H and O–H groups in total. The Hall–Kier alpha value is -2.99. The zero-order valence-corrected chi connectivity index (χ0v) is 17.5. The second-order valence-corrected chi connectivity index (χ2v) is 8.42. The number of aryl methyl sites for hydroxylation is 1. The minimum atomic E-state index is -0.688. The van der Waals surface area contributed by atoms with Gasteiger partial charge in [-0.1, -0.05) is 55.5 Å². The van der Waals surface area contributed by atoms with Crippen LogP contribution in [0, 0.1) is 6.92 Å². The molecule has 0 fully saturated rings. The normalized spacial score (nSPS) is 13.5. The Morgan fingerprint density at radius 1 is 1.10 bits per heavy atom. The number of benzene rings is 2. The molecule has 0 bridgehead atoms. The van der Waals surface area contributed by atoms with E-state index in [9.17, 15) is 9.59 Å². The Kier molecular flexibility index (Phi) is 5.20. The number of aromatic nitrogens is 2. The van der Waals surface area contributed by atoms with E-state index in [1.807, 2.05) is 61.5 Å². The number of carbonyl (C=O) groups is 1. The van der Waals surface area contributed by atoms with Crippen LogP contribution in [-0.4, -0.2) is 22.2 Å². The monoisotopic (exact) mass is 405 g/mol. The molecule has 0 saturated carbocycles. The quantitative estimate of drug-likeness (QED) is 0.535. The van der Waals surface area contributed by atoms with Crippen molar-refractivity contribution in [2.45, 2.75) is 32.7 Å². The molecule has 1 amide bonds. The Bertz CT molecular complexity index is 1240. The van der Waals surface area contributed by atoms with Crippen LogP contribution in [0.25, 0.3) is 20.2 Å². The van der Waals surface area contributed by atoms with Crippen LogP contribution in [0.2, 0.25) is 0 Å². The van der Waals surface area contributed by atoms with Crippen molar-refractivity contribution < 1.29 is 4.79 Å². The van der Waals surface area contributed by atoms with Gasteiger partial charge in [0.1, 0.15) is 6.04 Å². The number of nitrogens with one attached hydrogen (secondary N) is 1. The molecule has 4 aromatic rings. The summed E-state index contributed by atoms with van der Waals surface area (Å²) in [6.45, 7) is 6.18. The fourth-order valence-electron chi connectivity index (χ4n) is 3.55. The minimum Gasteiger partial charge on any atom is -0.354 e. The van der Waals surface area contributed by atoms with Gasteiger partial charge in [-0.3, -0.25) is 9.59 Å². The fourth-order valence-corrected chi connectivity index (χ4v) is 4.69. The summed E-state index contributed by atoms with van der Waals surface area (Å²) in [6.07, 6.45) is 0. The molecule has 2 atom stereocenters. The summed E-state index contributed by atoms with van der Waals surface area (Å²) in [5.41, 5.74) is 1.71. The van der Waals surface area contributed by atoms with Gasteiger partial charge in [0.05, 0.1) is 15.8 Å². The van der Waals surface area contributed by atoms with Crippen LogP contribution in [0.4, 0.5) is 0 Å². The number of hydrogen-bond acceptors (Lipinski definition) is 4. The van der Waals surface area contributed by atoms with Crippen LogP contribution in [0.3, 0.4) is 0 Å². The van der Waals surface area contributed by atoms with Gasteiger partial charge in [-0.05, 0) is 31.4 Å². The number of thiophene rings is 1. The highest BCUT2D eigenvalue weighted by molar-refractivity contribution is 7.26. The zero-order chi connectivity index (χ0) is 20.5. The van der Waals surface area contributed by atoms with Crippen molar-refractivity contribution in [1.82, 2.24) is 15.1 Å². The van der Waals surface area contributed by atoms with Crippen molar-refractivity contribution in [2.24, 2.45) is 0 Å². The summed E-state index contributed by atoms with van der Waals surface area (Å²) in [6, 6.07) is 17.2. The standard InChI is InChI=1S/C23H23N3O2S/c1-14(17-9-5-4-6-10-17)13-24-22(27)16(3)26-23(28)20-18-11-7-8-12-19(18)29-21(20)15(2)25-26/h4-12,14,16H,13H2,1-3H3,(H,24,27)/t14-,16-/m0/s1. The molecule has 5 nitrogen and oxygen atoms in total. The van der Waals surface area contributed by atoms with Crippen LogP contribution in [-0.2, 0) is 4.79 Å². The summed E-state index contributed by atoms with van der Waals surface area (Å²) >= 11 is 1.57. The van der Waals surface area contributed by atoms with Gasteiger partial charge < -0.3 is 5.32 Å². The predicted molar refractivity (Wildman–Crippen MR) is 119 cm³/mol. The molecule has 0 aliphatic heterocycles. The van der Waals surface area contributed by atoms with Crippen molar-refractivity contribution in [3.8, 4) is 0 Å². The maximum Gasteiger partial charge on any atom is 0.276 e. The van der Waals surface area contributed by atoms with Gasteiger partial charge in [0, 0.05) is 16.6 Å². The van der Waals surface area contributed by atoms with Crippen molar-refractivity contribution >= 4 is 37.4 Å². The van der Waals surface area contributed by atoms with Crippen molar-refractivity contribution in [1.29, 1.82) is 0 Å². The fraction of sp³-hybridized carbons (Fsp3) is 0.261. The van der Waals surface area contributed by atoms with Crippen molar-refractivity contribution in [2.75, 3.05) is 6.54 Å². The summed E-state index contributed by atoms with van der Waals surface area (Å²) < 4.78 is 3.26. The van der Waals surface area contributed by atoms with Gasteiger partial charge >= 0.3 is 0 Å². The van der Waals surface area contributed by atoms with Gasteiger partial charge in [0.25, 0.3) is 5.56 Å². The van der Waals surface area contributed by atoms with E-state index in [2.05, 4.69) is 17.3 Å². The second-order valence-electron chi connectivity index (χ2n) is 7.37. The van der Waals surface area contributed by atoms with Gasteiger partial charge in [0.2, 0.25) is 5.91 Å². The number of fused-ring (bicyclic) bond motifs is 3. The number of amides is 1. The van der Waals surface area contributed by atoms with Crippen LogP contribution in [0.1, 0.15) is 37.1 Å². The number of rotatable bonds is 5. The highest BCUT2D eigenvalue weighted by atomic mass is 32.1. The van der Waals surface area contributed by atoms with E-state index in [4.69, 9.17) is 0 Å². The first-order valence-electron chi connectivity index (χ1n) is 9.70. The third kappa shape index (κ3) is 3.56. The molecule has 0 radical (unpaired) electrons. The van der Waals surface area contributed by atoms with E-state index in [0.717, 1.165) is 26.0 Å². The molecule has 0 aliphatic rings. The average Bonchev–Trinajstić information content (AvgIpc) is 3.15. The topological polar surface area (TPSA) is 64.0 Å². The molecule has 148 valence electrons. The molecule has 2 aromatic carbocycles. The first-order chi connectivity index (χ1) is 14.0.